The zero-order valence-corrected chi connectivity index (χ0v) is 19.2. The van der Waals surface area contributed by atoms with E-state index in [4.69, 9.17) is 4.74 Å². The summed E-state index contributed by atoms with van der Waals surface area (Å²) < 4.78 is 4.83. The molecule has 0 aromatic carbocycles. The number of ether oxygens (including phenoxy) is 1. The van der Waals surface area contributed by atoms with Gasteiger partial charge in [0.05, 0.1) is 25.4 Å². The Morgan fingerprint density at radius 2 is 1.80 bits per heavy atom. The lowest BCUT2D eigenvalue weighted by atomic mass is 9.43. The van der Waals surface area contributed by atoms with E-state index in [-0.39, 0.29) is 41.0 Å². The van der Waals surface area contributed by atoms with Crippen molar-refractivity contribution in [3.05, 3.63) is 0 Å². The number of aliphatic hydroxyl groups excluding tert-OH is 3. The van der Waals surface area contributed by atoms with Gasteiger partial charge in [-0.15, -0.1) is 0 Å². The first-order valence-electron chi connectivity index (χ1n) is 12.2. The zero-order valence-electron chi connectivity index (χ0n) is 19.2. The molecule has 0 aromatic heterocycles. The third kappa shape index (κ3) is 3.34. The fourth-order valence-corrected chi connectivity index (χ4v) is 8.78. The third-order valence-corrected chi connectivity index (χ3v) is 10.6. The first kappa shape index (κ1) is 22.5. The summed E-state index contributed by atoms with van der Waals surface area (Å²) in [7, 11) is 1.44. The van der Waals surface area contributed by atoms with E-state index in [1.165, 1.54) is 7.11 Å². The molecule has 0 heterocycles. The molecule has 4 aliphatic rings. The highest BCUT2D eigenvalue weighted by Crippen LogP contribution is 2.68. The molecule has 0 amide bonds. The second-order valence-corrected chi connectivity index (χ2v) is 11.6. The fraction of sp³-hybridized carbons (Fsp3) is 0.960. The molecular formula is C25H42O5. The number of carbonyl (C=O) groups excluding carboxylic acids is 1. The monoisotopic (exact) mass is 422 g/mol. The standard InChI is InChI=1S/C25H42O5/c1-14(5-8-22(29)30-4)17-6-7-18-23-19(13-21(28)25(17,18)3)24(2)10-9-16(26)11-15(24)12-20(23)27/h14-21,23,26-28H,5-13H2,1-4H3/t14-,15+,16-,17?,18?,19?,20-,21+,23?,24+,25-/m1/s1. The molecule has 4 aliphatic carbocycles. The molecule has 4 saturated carbocycles. The van der Waals surface area contributed by atoms with Crippen LogP contribution in [0, 0.1) is 46.3 Å². The molecule has 5 nitrogen and oxygen atoms in total. The smallest absolute Gasteiger partial charge is 0.305 e. The van der Waals surface area contributed by atoms with Crippen molar-refractivity contribution in [1.29, 1.82) is 0 Å². The van der Waals surface area contributed by atoms with Gasteiger partial charge < -0.3 is 20.1 Å². The Bertz CT molecular complexity index is 651. The van der Waals surface area contributed by atoms with Crippen LogP contribution in [-0.2, 0) is 9.53 Å². The topological polar surface area (TPSA) is 87.0 Å². The van der Waals surface area contributed by atoms with E-state index in [2.05, 4.69) is 20.8 Å². The van der Waals surface area contributed by atoms with Crippen molar-refractivity contribution in [3.8, 4) is 0 Å². The lowest BCUT2D eigenvalue weighted by Gasteiger charge is -2.63. The van der Waals surface area contributed by atoms with Crippen molar-refractivity contribution in [1.82, 2.24) is 0 Å². The molecule has 5 heteroatoms. The van der Waals surface area contributed by atoms with Crippen LogP contribution in [0.25, 0.3) is 0 Å². The van der Waals surface area contributed by atoms with E-state index in [0.717, 1.165) is 51.4 Å². The highest BCUT2D eigenvalue weighted by molar-refractivity contribution is 5.69. The first-order chi connectivity index (χ1) is 14.1. The molecule has 11 atom stereocenters. The van der Waals surface area contributed by atoms with E-state index in [1.54, 1.807) is 0 Å². The van der Waals surface area contributed by atoms with Gasteiger partial charge in [-0.2, -0.15) is 0 Å². The van der Waals surface area contributed by atoms with Gasteiger partial charge in [0.25, 0.3) is 0 Å². The highest BCUT2D eigenvalue weighted by Gasteiger charge is 2.65. The van der Waals surface area contributed by atoms with Crippen LogP contribution in [0.2, 0.25) is 0 Å². The van der Waals surface area contributed by atoms with Gasteiger partial charge in [-0.05, 0) is 97.7 Å². The molecule has 4 rings (SSSR count). The second kappa shape index (κ2) is 8.04. The van der Waals surface area contributed by atoms with Crippen LogP contribution in [0.4, 0.5) is 0 Å². The Morgan fingerprint density at radius 1 is 1.07 bits per heavy atom. The van der Waals surface area contributed by atoms with Gasteiger partial charge in [0.2, 0.25) is 0 Å². The summed E-state index contributed by atoms with van der Waals surface area (Å²) in [6, 6.07) is 0. The Kier molecular flexibility index (Phi) is 6.04. The average molecular weight is 423 g/mol. The Hall–Kier alpha value is -0.650. The maximum absolute atomic E-state index is 11.7. The molecule has 4 unspecified atom stereocenters. The normalized spacial score (nSPS) is 51.4. The largest absolute Gasteiger partial charge is 0.469 e. The van der Waals surface area contributed by atoms with Gasteiger partial charge in [0.1, 0.15) is 0 Å². The predicted molar refractivity (Wildman–Crippen MR) is 114 cm³/mol. The minimum absolute atomic E-state index is 0.111. The summed E-state index contributed by atoms with van der Waals surface area (Å²) in [4.78, 5) is 11.7. The van der Waals surface area contributed by atoms with Gasteiger partial charge >= 0.3 is 5.97 Å². The lowest BCUT2D eigenvalue weighted by molar-refractivity contribution is -0.207. The number of esters is 1. The molecule has 0 aromatic rings. The van der Waals surface area contributed by atoms with E-state index in [0.29, 0.717) is 36.0 Å². The quantitative estimate of drug-likeness (QED) is 0.603. The molecule has 0 saturated heterocycles. The van der Waals surface area contributed by atoms with Crippen molar-refractivity contribution in [3.63, 3.8) is 0 Å². The van der Waals surface area contributed by atoms with E-state index in [9.17, 15) is 20.1 Å². The minimum atomic E-state index is -0.369. The molecule has 0 radical (unpaired) electrons. The summed E-state index contributed by atoms with van der Waals surface area (Å²) in [5.41, 5.74) is -0.0882. The predicted octanol–water partition coefficient (Wildman–Crippen LogP) is 3.54. The summed E-state index contributed by atoms with van der Waals surface area (Å²) in [6.45, 7) is 6.85. The van der Waals surface area contributed by atoms with Gasteiger partial charge in [-0.25, -0.2) is 0 Å². The Labute approximate surface area is 181 Å². The van der Waals surface area contributed by atoms with Crippen LogP contribution in [0.5, 0.6) is 0 Å². The third-order valence-electron chi connectivity index (χ3n) is 10.6. The van der Waals surface area contributed by atoms with Crippen molar-refractivity contribution < 1.29 is 24.9 Å². The van der Waals surface area contributed by atoms with Crippen molar-refractivity contribution in [2.75, 3.05) is 7.11 Å². The van der Waals surface area contributed by atoms with Gasteiger partial charge in [-0.1, -0.05) is 20.8 Å². The number of carbonyl (C=O) groups is 1. The SMILES string of the molecule is COC(=O)CC[C@@H](C)C1CCC2C3C(C[C@H](O)[C@@]21C)[C@@]1(C)CC[C@@H](O)C[C@H]1C[C@H]3O. The number of fused-ring (bicyclic) bond motifs is 5. The fourth-order valence-electron chi connectivity index (χ4n) is 8.78. The van der Waals surface area contributed by atoms with E-state index >= 15 is 0 Å². The second-order valence-electron chi connectivity index (χ2n) is 11.6. The zero-order chi connectivity index (χ0) is 21.8. The number of hydrogen-bond acceptors (Lipinski definition) is 5. The number of methoxy groups -OCH3 is 1. The first-order valence-corrected chi connectivity index (χ1v) is 12.2. The Balaban J connectivity index is 1.58. The molecular weight excluding hydrogens is 380 g/mol. The molecule has 4 fully saturated rings. The number of hydrogen-bond donors (Lipinski definition) is 3. The van der Waals surface area contributed by atoms with E-state index in [1.807, 2.05) is 0 Å². The average Bonchev–Trinajstić information content (AvgIpc) is 3.06. The minimum Gasteiger partial charge on any atom is -0.469 e. The van der Waals surface area contributed by atoms with Crippen LogP contribution < -0.4 is 0 Å². The molecule has 0 aliphatic heterocycles. The van der Waals surface area contributed by atoms with Gasteiger partial charge in [0.15, 0.2) is 0 Å². The lowest BCUT2D eigenvalue weighted by Crippen LogP contribution is -2.62. The summed E-state index contributed by atoms with van der Waals surface area (Å²) in [5, 5.41) is 33.1. The maximum Gasteiger partial charge on any atom is 0.305 e. The van der Waals surface area contributed by atoms with Crippen LogP contribution in [0.15, 0.2) is 0 Å². The summed E-state index contributed by atoms with van der Waals surface area (Å²) in [6.07, 6.45) is 6.60. The molecule has 0 bridgehead atoms. The summed E-state index contributed by atoms with van der Waals surface area (Å²) >= 11 is 0. The van der Waals surface area contributed by atoms with Gasteiger partial charge in [-0.3, -0.25) is 4.79 Å². The summed E-state index contributed by atoms with van der Waals surface area (Å²) in [5.74, 6) is 1.81. The van der Waals surface area contributed by atoms with Gasteiger partial charge in [0, 0.05) is 6.42 Å². The van der Waals surface area contributed by atoms with Crippen LogP contribution in [0.1, 0.15) is 78.6 Å². The molecule has 0 spiro atoms. The van der Waals surface area contributed by atoms with Crippen LogP contribution in [0.3, 0.4) is 0 Å². The van der Waals surface area contributed by atoms with Crippen LogP contribution >= 0.6 is 0 Å². The van der Waals surface area contributed by atoms with Crippen molar-refractivity contribution >= 4 is 5.97 Å². The van der Waals surface area contributed by atoms with E-state index < -0.39 is 0 Å². The maximum atomic E-state index is 11.7. The van der Waals surface area contributed by atoms with Crippen molar-refractivity contribution in [2.24, 2.45) is 46.3 Å². The number of rotatable bonds is 4. The molecule has 30 heavy (non-hydrogen) atoms. The molecule has 172 valence electrons. The highest BCUT2D eigenvalue weighted by atomic mass is 16.5. The number of aliphatic hydroxyl groups is 3. The molecule has 3 N–H and O–H groups in total. The van der Waals surface area contributed by atoms with Crippen molar-refractivity contribution in [2.45, 2.75) is 96.9 Å². The van der Waals surface area contributed by atoms with Crippen LogP contribution in [-0.4, -0.2) is 46.7 Å². The Morgan fingerprint density at radius 3 is 2.50 bits per heavy atom.